The van der Waals surface area contributed by atoms with Gasteiger partial charge in [-0.25, -0.2) is 4.39 Å². The molecule has 2 aromatic rings. The molecule has 0 bridgehead atoms. The molecule has 1 aliphatic rings. The highest BCUT2D eigenvalue weighted by Crippen LogP contribution is 2.31. The Bertz CT molecular complexity index is 781. The lowest BCUT2D eigenvalue weighted by Gasteiger charge is -2.13. The number of carbonyl (C=O) groups excluding carboxylic acids is 1. The Hall–Kier alpha value is -2.34. The quantitative estimate of drug-likeness (QED) is 0.815. The van der Waals surface area contributed by atoms with Crippen LogP contribution in [-0.2, 0) is 6.54 Å². The second kappa shape index (κ2) is 7.70. The second-order valence-electron chi connectivity index (χ2n) is 5.90. The van der Waals surface area contributed by atoms with E-state index in [1.165, 1.54) is 31.6 Å². The largest absolute Gasteiger partial charge is 0.494 e. The summed E-state index contributed by atoms with van der Waals surface area (Å²) in [6.07, 6.45) is 5.15. The van der Waals surface area contributed by atoms with Crippen molar-refractivity contribution < 1.29 is 18.7 Å². The lowest BCUT2D eigenvalue weighted by atomic mass is 10.2. The molecule has 132 valence electrons. The topological polar surface area (TPSA) is 60.5 Å². The molecule has 0 radical (unpaired) electrons. The summed E-state index contributed by atoms with van der Waals surface area (Å²) in [5, 5.41) is 2.94. The molecular formula is C18H18ClFN2O3. The average molecular weight is 365 g/mol. The molecular weight excluding hydrogens is 347 g/mol. The van der Waals surface area contributed by atoms with Crippen molar-refractivity contribution in [2.24, 2.45) is 5.92 Å². The molecule has 3 rings (SSSR count). The molecule has 25 heavy (non-hydrogen) atoms. The van der Waals surface area contributed by atoms with E-state index in [9.17, 15) is 9.18 Å². The Morgan fingerprint density at radius 3 is 2.84 bits per heavy atom. The van der Waals surface area contributed by atoms with Gasteiger partial charge >= 0.3 is 0 Å². The molecule has 1 aromatic carbocycles. The van der Waals surface area contributed by atoms with Crippen molar-refractivity contribution in [3.63, 3.8) is 0 Å². The number of rotatable bonds is 7. The number of carbonyl (C=O) groups is 1. The van der Waals surface area contributed by atoms with Crippen LogP contribution in [0.1, 0.15) is 28.8 Å². The fourth-order valence-electron chi connectivity index (χ4n) is 2.33. The standard InChI is InChI=1S/C18H18ClFN2O3/c1-24-15-5-4-12(6-14(15)20)7-22-18(23)17-13(19)8-21-9-16(17)25-10-11-2-3-11/h4-6,8-9,11H,2-3,7,10H2,1H3,(H,22,23). The molecule has 1 aromatic heterocycles. The van der Waals surface area contributed by atoms with Crippen molar-refractivity contribution >= 4 is 17.5 Å². The van der Waals surface area contributed by atoms with Crippen molar-refractivity contribution in [2.45, 2.75) is 19.4 Å². The van der Waals surface area contributed by atoms with E-state index < -0.39 is 11.7 Å². The first-order valence-corrected chi connectivity index (χ1v) is 8.33. The fraction of sp³-hybridized carbons (Fsp3) is 0.333. The summed E-state index contributed by atoms with van der Waals surface area (Å²) in [6, 6.07) is 4.51. The Morgan fingerprint density at radius 1 is 1.36 bits per heavy atom. The first-order chi connectivity index (χ1) is 12.1. The van der Waals surface area contributed by atoms with Gasteiger partial charge in [0.1, 0.15) is 5.56 Å². The summed E-state index contributed by atoms with van der Waals surface area (Å²) < 4.78 is 24.3. The molecule has 1 fully saturated rings. The third-order valence-corrected chi connectivity index (χ3v) is 4.22. The number of aromatic nitrogens is 1. The van der Waals surface area contributed by atoms with E-state index in [-0.39, 0.29) is 22.9 Å². The summed E-state index contributed by atoms with van der Waals surface area (Å²) in [5.41, 5.74) is 0.851. The molecule has 1 aliphatic carbocycles. The molecule has 1 heterocycles. The van der Waals surface area contributed by atoms with Gasteiger partial charge in [0.05, 0.1) is 24.9 Å². The number of ether oxygens (including phenoxy) is 2. The Balaban J connectivity index is 1.69. The maximum absolute atomic E-state index is 13.7. The number of nitrogens with one attached hydrogen (secondary N) is 1. The van der Waals surface area contributed by atoms with Crippen LogP contribution in [0, 0.1) is 11.7 Å². The molecule has 0 saturated heterocycles. The van der Waals surface area contributed by atoms with E-state index >= 15 is 0 Å². The predicted molar refractivity (Wildman–Crippen MR) is 91.6 cm³/mol. The number of hydrogen-bond donors (Lipinski definition) is 1. The molecule has 0 spiro atoms. The van der Waals surface area contributed by atoms with Gasteiger partial charge in [-0.1, -0.05) is 17.7 Å². The van der Waals surface area contributed by atoms with Crippen LogP contribution in [-0.4, -0.2) is 24.6 Å². The number of benzene rings is 1. The monoisotopic (exact) mass is 364 g/mol. The highest BCUT2D eigenvalue weighted by Gasteiger charge is 2.24. The summed E-state index contributed by atoms with van der Waals surface area (Å²) in [5.74, 6) is 0.178. The normalized spacial score (nSPS) is 13.4. The average Bonchev–Trinajstić information content (AvgIpc) is 3.42. The molecule has 1 amide bonds. The van der Waals surface area contributed by atoms with Crippen molar-refractivity contribution in [2.75, 3.05) is 13.7 Å². The number of amides is 1. The van der Waals surface area contributed by atoms with Crippen LogP contribution < -0.4 is 14.8 Å². The van der Waals surface area contributed by atoms with Crippen LogP contribution in [0.5, 0.6) is 11.5 Å². The fourth-order valence-corrected chi connectivity index (χ4v) is 2.57. The van der Waals surface area contributed by atoms with Crippen molar-refractivity contribution in [1.82, 2.24) is 10.3 Å². The highest BCUT2D eigenvalue weighted by molar-refractivity contribution is 6.34. The van der Waals surface area contributed by atoms with Gasteiger partial charge in [0, 0.05) is 12.7 Å². The third kappa shape index (κ3) is 4.39. The van der Waals surface area contributed by atoms with Gasteiger partial charge in [-0.15, -0.1) is 0 Å². The van der Waals surface area contributed by atoms with Gasteiger partial charge in [0.2, 0.25) is 0 Å². The van der Waals surface area contributed by atoms with Gasteiger partial charge in [0.15, 0.2) is 17.3 Å². The van der Waals surface area contributed by atoms with E-state index in [4.69, 9.17) is 21.1 Å². The lowest BCUT2D eigenvalue weighted by molar-refractivity contribution is 0.0946. The number of nitrogens with zero attached hydrogens (tertiary/aromatic N) is 1. The van der Waals surface area contributed by atoms with Gasteiger partial charge < -0.3 is 14.8 Å². The summed E-state index contributed by atoms with van der Waals surface area (Å²) in [7, 11) is 1.40. The van der Waals surface area contributed by atoms with E-state index in [0.29, 0.717) is 23.8 Å². The van der Waals surface area contributed by atoms with E-state index in [0.717, 1.165) is 12.8 Å². The minimum absolute atomic E-state index is 0.153. The number of halogens is 2. The van der Waals surface area contributed by atoms with Gasteiger partial charge in [0.25, 0.3) is 5.91 Å². The number of hydrogen-bond acceptors (Lipinski definition) is 4. The Morgan fingerprint density at radius 2 is 2.16 bits per heavy atom. The van der Waals surface area contributed by atoms with E-state index in [1.807, 2.05) is 0 Å². The van der Waals surface area contributed by atoms with Gasteiger partial charge in [-0.05, 0) is 36.5 Å². The van der Waals surface area contributed by atoms with Crippen LogP contribution in [0.4, 0.5) is 4.39 Å². The lowest BCUT2D eigenvalue weighted by Crippen LogP contribution is -2.24. The van der Waals surface area contributed by atoms with Gasteiger partial charge in [-0.3, -0.25) is 9.78 Å². The van der Waals surface area contributed by atoms with Crippen LogP contribution in [0.15, 0.2) is 30.6 Å². The molecule has 1 saturated carbocycles. The molecule has 7 heteroatoms. The van der Waals surface area contributed by atoms with Crippen LogP contribution in [0.3, 0.4) is 0 Å². The minimum Gasteiger partial charge on any atom is -0.494 e. The third-order valence-electron chi connectivity index (χ3n) is 3.93. The smallest absolute Gasteiger partial charge is 0.256 e. The summed E-state index contributed by atoms with van der Waals surface area (Å²) in [4.78, 5) is 16.5. The minimum atomic E-state index is -0.482. The SMILES string of the molecule is COc1ccc(CNC(=O)c2c(Cl)cncc2OCC2CC2)cc1F. The zero-order chi connectivity index (χ0) is 17.8. The number of pyridine rings is 1. The van der Waals surface area contributed by atoms with Crippen LogP contribution >= 0.6 is 11.6 Å². The zero-order valence-corrected chi connectivity index (χ0v) is 14.5. The molecule has 0 aliphatic heterocycles. The zero-order valence-electron chi connectivity index (χ0n) is 13.7. The number of methoxy groups -OCH3 is 1. The molecule has 0 atom stereocenters. The first kappa shape index (κ1) is 17.5. The van der Waals surface area contributed by atoms with Crippen molar-refractivity contribution in [3.05, 3.63) is 52.6 Å². The Labute approximate surface area is 150 Å². The maximum Gasteiger partial charge on any atom is 0.256 e. The predicted octanol–water partition coefficient (Wildman–Crippen LogP) is 3.60. The summed E-state index contributed by atoms with van der Waals surface area (Å²) in [6.45, 7) is 0.701. The van der Waals surface area contributed by atoms with E-state index in [1.54, 1.807) is 6.07 Å². The van der Waals surface area contributed by atoms with Crippen molar-refractivity contribution in [1.29, 1.82) is 0 Å². The highest BCUT2D eigenvalue weighted by atomic mass is 35.5. The molecule has 0 unspecified atom stereocenters. The Kier molecular flexibility index (Phi) is 5.38. The van der Waals surface area contributed by atoms with Crippen LogP contribution in [0.2, 0.25) is 5.02 Å². The first-order valence-electron chi connectivity index (χ1n) is 7.95. The summed E-state index contributed by atoms with van der Waals surface area (Å²) >= 11 is 6.12. The van der Waals surface area contributed by atoms with Crippen molar-refractivity contribution in [3.8, 4) is 11.5 Å². The van der Waals surface area contributed by atoms with Crippen LogP contribution in [0.25, 0.3) is 0 Å². The van der Waals surface area contributed by atoms with E-state index in [2.05, 4.69) is 10.3 Å². The second-order valence-corrected chi connectivity index (χ2v) is 6.31. The van der Waals surface area contributed by atoms with Gasteiger partial charge in [-0.2, -0.15) is 0 Å². The molecule has 5 nitrogen and oxygen atoms in total. The molecule has 1 N–H and O–H groups in total. The maximum atomic E-state index is 13.7.